The van der Waals surface area contributed by atoms with Crippen molar-refractivity contribution in [3.63, 3.8) is 0 Å². The van der Waals surface area contributed by atoms with Crippen LogP contribution in [0.4, 0.5) is 0 Å². The van der Waals surface area contributed by atoms with Gasteiger partial charge in [-0.2, -0.15) is 0 Å². The maximum atomic E-state index is 12.0. The van der Waals surface area contributed by atoms with Gasteiger partial charge in [0.2, 0.25) is 5.91 Å². The van der Waals surface area contributed by atoms with Crippen LogP contribution in [0.5, 0.6) is 5.75 Å². The van der Waals surface area contributed by atoms with Crippen LogP contribution in [0.2, 0.25) is 0 Å². The summed E-state index contributed by atoms with van der Waals surface area (Å²) in [7, 11) is 0. The molecule has 6 nitrogen and oxygen atoms in total. The fourth-order valence-electron chi connectivity index (χ4n) is 2.54. The summed E-state index contributed by atoms with van der Waals surface area (Å²) < 4.78 is 10.6. The second kappa shape index (κ2) is 7.00. The van der Waals surface area contributed by atoms with Crippen LogP contribution in [0, 0.1) is 0 Å². The summed E-state index contributed by atoms with van der Waals surface area (Å²) in [6.07, 6.45) is 1.75. The van der Waals surface area contributed by atoms with E-state index in [1.165, 1.54) is 6.26 Å². The zero-order chi connectivity index (χ0) is 16.1. The summed E-state index contributed by atoms with van der Waals surface area (Å²) in [5.41, 5.74) is 0. The first kappa shape index (κ1) is 15.1. The Morgan fingerprint density at radius 2 is 2.09 bits per heavy atom. The van der Waals surface area contributed by atoms with Gasteiger partial charge in [-0.25, -0.2) is 0 Å². The van der Waals surface area contributed by atoms with Crippen LogP contribution in [0.25, 0.3) is 0 Å². The third-order valence-electron chi connectivity index (χ3n) is 3.67. The number of rotatable bonds is 6. The molecule has 1 aliphatic heterocycles. The van der Waals surface area contributed by atoms with Crippen molar-refractivity contribution in [2.75, 3.05) is 19.7 Å². The molecule has 1 fully saturated rings. The van der Waals surface area contributed by atoms with Gasteiger partial charge in [0.1, 0.15) is 12.4 Å². The van der Waals surface area contributed by atoms with E-state index in [2.05, 4.69) is 5.32 Å². The van der Waals surface area contributed by atoms with Gasteiger partial charge in [-0.3, -0.25) is 9.59 Å². The molecule has 1 N–H and O–H groups in total. The molecule has 0 radical (unpaired) electrons. The van der Waals surface area contributed by atoms with Gasteiger partial charge >= 0.3 is 0 Å². The van der Waals surface area contributed by atoms with Gasteiger partial charge in [0.15, 0.2) is 5.76 Å². The van der Waals surface area contributed by atoms with E-state index in [0.717, 1.165) is 5.75 Å². The number of benzene rings is 1. The molecule has 23 heavy (non-hydrogen) atoms. The Morgan fingerprint density at radius 3 is 2.83 bits per heavy atom. The second-order valence-corrected chi connectivity index (χ2v) is 5.35. The quantitative estimate of drug-likeness (QED) is 0.881. The number of carbonyl (C=O) groups excluding carboxylic acids is 2. The number of nitrogens with one attached hydrogen (secondary N) is 1. The largest absolute Gasteiger partial charge is 0.492 e. The van der Waals surface area contributed by atoms with E-state index in [4.69, 9.17) is 9.15 Å². The Kier molecular flexibility index (Phi) is 4.61. The van der Waals surface area contributed by atoms with Crippen molar-refractivity contribution in [2.45, 2.75) is 12.5 Å². The Hall–Kier alpha value is -2.76. The lowest BCUT2D eigenvalue weighted by molar-refractivity contribution is -0.128. The molecule has 0 unspecified atom stereocenters. The molecule has 6 heteroatoms. The first-order valence-corrected chi connectivity index (χ1v) is 7.52. The Morgan fingerprint density at radius 1 is 1.26 bits per heavy atom. The highest BCUT2D eigenvalue weighted by Gasteiger charge is 2.30. The third kappa shape index (κ3) is 3.91. The molecule has 1 atom stereocenters. The number of nitrogens with zero attached hydrogens (tertiary/aromatic N) is 1. The molecule has 1 saturated heterocycles. The summed E-state index contributed by atoms with van der Waals surface area (Å²) in [6.45, 7) is 1.42. The maximum absolute atomic E-state index is 12.0. The lowest BCUT2D eigenvalue weighted by Crippen LogP contribution is -2.37. The lowest BCUT2D eigenvalue weighted by Gasteiger charge is -2.17. The molecule has 1 aromatic heterocycles. The van der Waals surface area contributed by atoms with E-state index in [0.29, 0.717) is 26.1 Å². The molecule has 2 aromatic rings. The van der Waals surface area contributed by atoms with Crippen molar-refractivity contribution >= 4 is 11.8 Å². The van der Waals surface area contributed by atoms with Crippen molar-refractivity contribution in [3.8, 4) is 5.75 Å². The van der Waals surface area contributed by atoms with E-state index in [9.17, 15) is 9.59 Å². The SMILES string of the molecule is O=C(N[C@@H]1CC(=O)N(CCOc2ccccc2)C1)c1ccco1. The van der Waals surface area contributed by atoms with Gasteiger partial charge in [0.05, 0.1) is 18.8 Å². The van der Waals surface area contributed by atoms with E-state index >= 15 is 0 Å². The van der Waals surface area contributed by atoms with Crippen LogP contribution in [0.3, 0.4) is 0 Å². The molecular weight excluding hydrogens is 296 g/mol. The van der Waals surface area contributed by atoms with Crippen LogP contribution in [-0.4, -0.2) is 42.5 Å². The molecule has 0 spiro atoms. The minimum atomic E-state index is -0.296. The average Bonchev–Trinajstić information content (AvgIpc) is 3.19. The van der Waals surface area contributed by atoms with Crippen molar-refractivity contribution in [1.29, 1.82) is 0 Å². The molecule has 0 bridgehead atoms. The van der Waals surface area contributed by atoms with Crippen molar-refractivity contribution < 1.29 is 18.7 Å². The van der Waals surface area contributed by atoms with Gasteiger partial charge < -0.3 is 19.4 Å². The van der Waals surface area contributed by atoms with Gasteiger partial charge in [-0.1, -0.05) is 18.2 Å². The molecule has 2 heterocycles. The Bertz CT molecular complexity index is 654. The average molecular weight is 314 g/mol. The van der Waals surface area contributed by atoms with E-state index in [1.54, 1.807) is 17.0 Å². The number of hydrogen-bond donors (Lipinski definition) is 1. The van der Waals surface area contributed by atoms with Crippen molar-refractivity contribution in [3.05, 3.63) is 54.5 Å². The standard InChI is InChI=1S/C17H18N2O4/c20-16-11-13(18-17(21)15-7-4-9-23-15)12-19(16)8-10-22-14-5-2-1-3-6-14/h1-7,9,13H,8,10-12H2,(H,18,21)/t13-/m1/s1. The van der Waals surface area contributed by atoms with Gasteiger partial charge in [0, 0.05) is 13.0 Å². The predicted octanol–water partition coefficient (Wildman–Crippen LogP) is 1.69. The highest BCUT2D eigenvalue weighted by Crippen LogP contribution is 2.13. The van der Waals surface area contributed by atoms with E-state index in [1.807, 2.05) is 30.3 Å². The lowest BCUT2D eigenvalue weighted by atomic mass is 10.2. The van der Waals surface area contributed by atoms with Crippen LogP contribution in [0.15, 0.2) is 53.1 Å². The minimum absolute atomic E-state index is 0.0198. The number of amides is 2. The Labute approximate surface area is 134 Å². The first-order chi connectivity index (χ1) is 11.2. The maximum Gasteiger partial charge on any atom is 0.287 e. The summed E-state index contributed by atoms with van der Waals surface area (Å²) in [4.78, 5) is 25.6. The smallest absolute Gasteiger partial charge is 0.287 e. The summed E-state index contributed by atoms with van der Waals surface area (Å²) >= 11 is 0. The highest BCUT2D eigenvalue weighted by molar-refractivity contribution is 5.92. The number of furan rings is 1. The van der Waals surface area contributed by atoms with Crippen molar-refractivity contribution in [1.82, 2.24) is 10.2 Å². The van der Waals surface area contributed by atoms with Gasteiger partial charge in [-0.15, -0.1) is 0 Å². The van der Waals surface area contributed by atoms with E-state index < -0.39 is 0 Å². The van der Waals surface area contributed by atoms with Crippen LogP contribution >= 0.6 is 0 Å². The number of ether oxygens (including phenoxy) is 1. The molecule has 1 aromatic carbocycles. The molecule has 120 valence electrons. The second-order valence-electron chi connectivity index (χ2n) is 5.35. The molecule has 2 amide bonds. The normalized spacial score (nSPS) is 17.3. The van der Waals surface area contributed by atoms with Crippen molar-refractivity contribution in [2.24, 2.45) is 0 Å². The molecule has 0 aliphatic carbocycles. The van der Waals surface area contributed by atoms with Crippen LogP contribution in [-0.2, 0) is 4.79 Å². The predicted molar refractivity (Wildman–Crippen MR) is 83.1 cm³/mol. The number of likely N-dealkylation sites (tertiary alicyclic amines) is 1. The third-order valence-corrected chi connectivity index (χ3v) is 3.67. The minimum Gasteiger partial charge on any atom is -0.492 e. The fourth-order valence-corrected chi connectivity index (χ4v) is 2.54. The number of carbonyl (C=O) groups is 2. The topological polar surface area (TPSA) is 71.8 Å². The summed E-state index contributed by atoms with van der Waals surface area (Å²) in [5.74, 6) is 0.756. The van der Waals surface area contributed by atoms with E-state index in [-0.39, 0.29) is 23.6 Å². The van der Waals surface area contributed by atoms with Gasteiger partial charge in [-0.05, 0) is 24.3 Å². The first-order valence-electron chi connectivity index (χ1n) is 7.52. The Balaban J connectivity index is 1.45. The zero-order valence-electron chi connectivity index (χ0n) is 12.6. The fraction of sp³-hybridized carbons (Fsp3) is 0.294. The number of hydrogen-bond acceptors (Lipinski definition) is 4. The molecule has 3 rings (SSSR count). The number of para-hydroxylation sites is 1. The zero-order valence-corrected chi connectivity index (χ0v) is 12.6. The van der Waals surface area contributed by atoms with Crippen LogP contribution < -0.4 is 10.1 Å². The summed E-state index contributed by atoms with van der Waals surface area (Å²) in [6, 6.07) is 12.5. The van der Waals surface area contributed by atoms with Gasteiger partial charge in [0.25, 0.3) is 5.91 Å². The molecular formula is C17H18N2O4. The molecule has 1 aliphatic rings. The monoisotopic (exact) mass is 314 g/mol. The molecule has 0 saturated carbocycles. The highest BCUT2D eigenvalue weighted by atomic mass is 16.5. The van der Waals surface area contributed by atoms with Crippen LogP contribution in [0.1, 0.15) is 17.0 Å². The summed E-state index contributed by atoms with van der Waals surface area (Å²) in [5, 5.41) is 2.81.